The Hall–Kier alpha value is -3.48. The number of aromatic nitrogens is 4. The summed E-state index contributed by atoms with van der Waals surface area (Å²) in [4.78, 5) is 13.7. The van der Waals surface area contributed by atoms with Crippen molar-refractivity contribution < 1.29 is 0 Å². The molecule has 0 saturated carbocycles. The summed E-state index contributed by atoms with van der Waals surface area (Å²) in [5, 5.41) is 5.40. The highest BCUT2D eigenvalue weighted by Crippen LogP contribution is 2.21. The molecule has 2 aromatic heterocycles. The normalized spacial score (nSPS) is 14.7. The lowest BCUT2D eigenvalue weighted by molar-refractivity contribution is 0.284. The van der Waals surface area contributed by atoms with Crippen LogP contribution in [0.25, 0.3) is 12.0 Å². The molecule has 0 atom stereocenters. The Balaban J connectivity index is 1.27. The Labute approximate surface area is 205 Å². The molecule has 0 amide bonds. The van der Waals surface area contributed by atoms with Gasteiger partial charge in [0.25, 0.3) is 5.95 Å². The van der Waals surface area contributed by atoms with Crippen LogP contribution in [0.15, 0.2) is 85.3 Å². The van der Waals surface area contributed by atoms with Crippen molar-refractivity contribution in [3.63, 3.8) is 0 Å². The van der Waals surface area contributed by atoms with Gasteiger partial charge in [-0.1, -0.05) is 60.2 Å². The van der Waals surface area contributed by atoms with E-state index in [1.54, 1.807) is 12.4 Å². The molecule has 34 heavy (non-hydrogen) atoms. The second kappa shape index (κ2) is 10.6. The van der Waals surface area contributed by atoms with Gasteiger partial charge in [0.15, 0.2) is 0 Å². The lowest BCUT2D eigenvalue weighted by atomic mass is 10.1. The molecule has 3 heterocycles. The summed E-state index contributed by atoms with van der Waals surface area (Å²) in [7, 11) is 0. The summed E-state index contributed by atoms with van der Waals surface area (Å²) in [6, 6.07) is 20.4. The van der Waals surface area contributed by atoms with E-state index in [1.807, 2.05) is 41.2 Å². The molecule has 1 aliphatic heterocycles. The third kappa shape index (κ3) is 5.35. The Bertz CT molecular complexity index is 1230. The number of anilines is 1. The molecule has 7 heteroatoms. The van der Waals surface area contributed by atoms with Gasteiger partial charge in [-0.3, -0.25) is 4.90 Å². The number of benzene rings is 2. The average molecular weight is 471 g/mol. The Morgan fingerprint density at radius 2 is 1.68 bits per heavy atom. The summed E-state index contributed by atoms with van der Waals surface area (Å²) in [5.41, 5.74) is 4.60. The molecule has 0 spiro atoms. The summed E-state index contributed by atoms with van der Waals surface area (Å²) in [5.74, 6) is 0.588. The van der Waals surface area contributed by atoms with Crippen LogP contribution in [-0.4, -0.2) is 57.4 Å². The van der Waals surface area contributed by atoms with Crippen LogP contribution in [0.2, 0.25) is 5.02 Å². The van der Waals surface area contributed by atoms with E-state index in [0.717, 1.165) is 55.4 Å². The van der Waals surface area contributed by atoms with E-state index < -0.39 is 0 Å². The lowest BCUT2D eigenvalue weighted by Crippen LogP contribution is -2.46. The van der Waals surface area contributed by atoms with Crippen molar-refractivity contribution in [1.29, 1.82) is 0 Å². The van der Waals surface area contributed by atoms with Gasteiger partial charge in [-0.15, -0.1) is 0 Å². The first-order valence-corrected chi connectivity index (χ1v) is 11.9. The molecule has 1 saturated heterocycles. The molecule has 5 rings (SSSR count). The topological polar surface area (TPSA) is 50.1 Å². The van der Waals surface area contributed by atoms with E-state index in [-0.39, 0.29) is 0 Å². The van der Waals surface area contributed by atoms with Gasteiger partial charge in [0.05, 0.1) is 11.9 Å². The van der Waals surface area contributed by atoms with Gasteiger partial charge in [-0.05, 0) is 29.8 Å². The molecule has 0 bridgehead atoms. The predicted molar refractivity (Wildman–Crippen MR) is 138 cm³/mol. The molecule has 172 valence electrons. The third-order valence-corrected chi connectivity index (χ3v) is 6.30. The number of hydrogen-bond donors (Lipinski definition) is 0. The van der Waals surface area contributed by atoms with E-state index >= 15 is 0 Å². The highest BCUT2D eigenvalue weighted by atomic mass is 35.5. The molecular formula is C27H27ClN6. The SMILES string of the molecule is Clc1cccc(N2CCN(C/C=C/c3cnn(-c4ncccn4)c3Cc3ccccc3)CC2)c1. The minimum atomic E-state index is 0.588. The second-order valence-electron chi connectivity index (χ2n) is 8.34. The average Bonchev–Trinajstić information content (AvgIpc) is 3.28. The highest BCUT2D eigenvalue weighted by Gasteiger charge is 2.17. The molecule has 1 fully saturated rings. The van der Waals surface area contributed by atoms with Gasteiger partial charge >= 0.3 is 0 Å². The van der Waals surface area contributed by atoms with Crippen LogP contribution in [0.4, 0.5) is 5.69 Å². The van der Waals surface area contributed by atoms with E-state index in [9.17, 15) is 0 Å². The second-order valence-corrected chi connectivity index (χ2v) is 8.78. The van der Waals surface area contributed by atoms with Crippen molar-refractivity contribution in [2.45, 2.75) is 6.42 Å². The van der Waals surface area contributed by atoms with Gasteiger partial charge in [0.1, 0.15) is 0 Å². The minimum absolute atomic E-state index is 0.588. The van der Waals surface area contributed by atoms with Gasteiger partial charge in [0.2, 0.25) is 0 Å². The minimum Gasteiger partial charge on any atom is -0.369 e. The first-order valence-electron chi connectivity index (χ1n) is 11.5. The molecule has 6 nitrogen and oxygen atoms in total. The van der Waals surface area contributed by atoms with Crippen LogP contribution in [0.3, 0.4) is 0 Å². The van der Waals surface area contributed by atoms with Crippen molar-refractivity contribution in [2.24, 2.45) is 0 Å². The van der Waals surface area contributed by atoms with Crippen molar-refractivity contribution in [2.75, 3.05) is 37.6 Å². The van der Waals surface area contributed by atoms with E-state index in [1.165, 1.54) is 11.3 Å². The summed E-state index contributed by atoms with van der Waals surface area (Å²) >= 11 is 6.16. The molecule has 0 N–H and O–H groups in total. The van der Waals surface area contributed by atoms with E-state index in [4.69, 9.17) is 11.6 Å². The van der Waals surface area contributed by atoms with Crippen LogP contribution in [-0.2, 0) is 6.42 Å². The van der Waals surface area contributed by atoms with Crippen molar-refractivity contribution in [1.82, 2.24) is 24.6 Å². The zero-order valence-electron chi connectivity index (χ0n) is 19.0. The first-order chi connectivity index (χ1) is 16.8. The van der Waals surface area contributed by atoms with Gasteiger partial charge < -0.3 is 4.90 Å². The molecule has 4 aromatic rings. The molecule has 0 radical (unpaired) electrons. The van der Waals surface area contributed by atoms with Crippen LogP contribution in [0.1, 0.15) is 16.8 Å². The Kier molecular flexibility index (Phi) is 6.98. The summed E-state index contributed by atoms with van der Waals surface area (Å²) in [6.45, 7) is 4.93. The van der Waals surface area contributed by atoms with Crippen LogP contribution in [0.5, 0.6) is 0 Å². The van der Waals surface area contributed by atoms with Crippen LogP contribution in [0, 0.1) is 0 Å². The van der Waals surface area contributed by atoms with E-state index in [2.05, 4.69) is 67.4 Å². The maximum atomic E-state index is 6.16. The number of rotatable bonds is 7. The first kappa shape index (κ1) is 22.3. The zero-order valence-corrected chi connectivity index (χ0v) is 19.7. The van der Waals surface area contributed by atoms with E-state index in [0.29, 0.717) is 5.95 Å². The lowest BCUT2D eigenvalue weighted by Gasteiger charge is -2.35. The van der Waals surface area contributed by atoms with Crippen molar-refractivity contribution >= 4 is 23.4 Å². The van der Waals surface area contributed by atoms with Crippen molar-refractivity contribution in [3.8, 4) is 5.95 Å². The standard InChI is InChI=1S/C27H27ClN6/c28-24-10-4-11-25(20-24)33-17-15-32(16-18-33)14-5-9-23-21-31-34(27-29-12-6-13-30-27)26(23)19-22-7-2-1-3-8-22/h1-13,20-21H,14-19H2/b9-5+. The number of piperazine rings is 1. The van der Waals surface area contributed by atoms with Crippen molar-refractivity contribution in [3.05, 3.63) is 107 Å². The fourth-order valence-corrected chi connectivity index (χ4v) is 4.44. The number of nitrogens with zero attached hydrogens (tertiary/aromatic N) is 6. The summed E-state index contributed by atoms with van der Waals surface area (Å²) < 4.78 is 1.84. The zero-order chi connectivity index (χ0) is 23.2. The fraction of sp³-hybridized carbons (Fsp3) is 0.222. The number of halogens is 1. The van der Waals surface area contributed by atoms with Gasteiger partial charge in [-0.25, -0.2) is 14.6 Å². The molecule has 0 unspecified atom stereocenters. The molecule has 2 aromatic carbocycles. The van der Waals surface area contributed by atoms with Crippen LogP contribution >= 0.6 is 11.6 Å². The number of hydrogen-bond acceptors (Lipinski definition) is 5. The molecule has 1 aliphatic rings. The van der Waals surface area contributed by atoms with Gasteiger partial charge in [-0.2, -0.15) is 5.10 Å². The van der Waals surface area contributed by atoms with Gasteiger partial charge in [0, 0.05) is 67.8 Å². The fourth-order valence-electron chi connectivity index (χ4n) is 4.25. The largest absolute Gasteiger partial charge is 0.369 e. The maximum Gasteiger partial charge on any atom is 0.250 e. The maximum absolute atomic E-state index is 6.16. The third-order valence-electron chi connectivity index (χ3n) is 6.06. The summed E-state index contributed by atoms with van der Waals surface area (Å²) in [6.07, 6.45) is 10.6. The predicted octanol–water partition coefficient (Wildman–Crippen LogP) is 4.74. The monoisotopic (exact) mass is 470 g/mol. The highest BCUT2D eigenvalue weighted by molar-refractivity contribution is 6.30. The van der Waals surface area contributed by atoms with Crippen LogP contribution < -0.4 is 4.90 Å². The Morgan fingerprint density at radius 3 is 2.44 bits per heavy atom. The molecule has 0 aliphatic carbocycles. The quantitative estimate of drug-likeness (QED) is 0.390. The molecular weight excluding hydrogens is 444 g/mol. The Morgan fingerprint density at radius 1 is 0.882 bits per heavy atom. The smallest absolute Gasteiger partial charge is 0.250 e.